The van der Waals surface area contributed by atoms with E-state index in [1.165, 1.54) is 77.5 Å². The lowest BCUT2D eigenvalue weighted by molar-refractivity contribution is -0.898. The fourth-order valence-electron chi connectivity index (χ4n) is 4.67. The third-order valence-corrected chi connectivity index (χ3v) is 6.56. The Labute approximate surface area is 170 Å². The van der Waals surface area contributed by atoms with Crippen LogP contribution in [0.5, 0.6) is 0 Å². The summed E-state index contributed by atoms with van der Waals surface area (Å²) in [5.41, 5.74) is 1.51. The number of rotatable bonds is 8. The normalized spacial score (nSPS) is 19.7. The molecular weight excluding hydrogens is 348 g/mol. The molecule has 4 heteroatoms. The first-order valence-electron chi connectivity index (χ1n) is 11.6. The molecule has 3 rings (SSSR count). The van der Waals surface area contributed by atoms with Gasteiger partial charge in [-0.2, -0.15) is 0 Å². The van der Waals surface area contributed by atoms with Crippen molar-refractivity contribution in [3.63, 3.8) is 0 Å². The Morgan fingerprint density at radius 1 is 0.571 bits per heavy atom. The number of carbonyl (C=O) groups excluding carboxylic acids is 2. The Balaban J connectivity index is 1.43. The largest absolute Gasteiger partial charge is 0.335 e. The van der Waals surface area contributed by atoms with E-state index in [2.05, 4.69) is 0 Å². The molecule has 28 heavy (non-hydrogen) atoms. The van der Waals surface area contributed by atoms with Crippen LogP contribution in [-0.2, 0) is 0 Å². The second-order valence-corrected chi connectivity index (χ2v) is 8.75. The highest BCUT2D eigenvalue weighted by molar-refractivity contribution is 5.99. The molecule has 0 aromatic heterocycles. The molecule has 0 aliphatic carbocycles. The average Bonchev–Trinajstić information content (AvgIpc) is 3.15. The first kappa shape index (κ1) is 21.2. The molecule has 2 fully saturated rings. The van der Waals surface area contributed by atoms with Gasteiger partial charge >= 0.3 is 0 Å². The van der Waals surface area contributed by atoms with E-state index < -0.39 is 0 Å². The van der Waals surface area contributed by atoms with E-state index in [0.29, 0.717) is 12.8 Å². The maximum Gasteiger partial charge on any atom is 0.168 e. The van der Waals surface area contributed by atoms with E-state index in [9.17, 15) is 9.59 Å². The first-order valence-corrected chi connectivity index (χ1v) is 11.6. The molecule has 2 aliphatic rings. The molecule has 2 N–H and O–H groups in total. The lowest BCUT2D eigenvalue weighted by Gasteiger charge is -2.16. The van der Waals surface area contributed by atoms with Crippen molar-refractivity contribution >= 4 is 11.6 Å². The minimum atomic E-state index is 0.213. The van der Waals surface area contributed by atoms with Crippen LogP contribution in [0.15, 0.2) is 24.3 Å². The molecule has 0 atom stereocenters. The van der Waals surface area contributed by atoms with Gasteiger partial charge in [-0.05, 0) is 51.4 Å². The van der Waals surface area contributed by atoms with Gasteiger partial charge in [0.15, 0.2) is 11.6 Å². The summed E-state index contributed by atoms with van der Waals surface area (Å²) in [7, 11) is 0. The van der Waals surface area contributed by atoms with Crippen molar-refractivity contribution in [1.29, 1.82) is 0 Å². The van der Waals surface area contributed by atoms with Gasteiger partial charge in [0.2, 0.25) is 0 Å². The number of nitrogens with one attached hydrogen (secondary N) is 2. The van der Waals surface area contributed by atoms with Gasteiger partial charge in [0.1, 0.15) is 0 Å². The van der Waals surface area contributed by atoms with Gasteiger partial charge in [0.25, 0.3) is 0 Å². The van der Waals surface area contributed by atoms with Crippen molar-refractivity contribution in [2.24, 2.45) is 0 Å². The van der Waals surface area contributed by atoms with E-state index in [-0.39, 0.29) is 11.6 Å². The van der Waals surface area contributed by atoms with Crippen LogP contribution in [-0.4, -0.2) is 50.8 Å². The Kier molecular flexibility index (Phi) is 8.69. The molecule has 0 unspecified atom stereocenters. The monoisotopic (exact) mass is 386 g/mol. The summed E-state index contributed by atoms with van der Waals surface area (Å²) < 4.78 is 0. The van der Waals surface area contributed by atoms with Gasteiger partial charge in [0, 0.05) is 11.1 Å². The third-order valence-electron chi connectivity index (χ3n) is 6.56. The lowest BCUT2D eigenvalue weighted by atomic mass is 10.0. The maximum absolute atomic E-state index is 12.5. The van der Waals surface area contributed by atoms with Crippen LogP contribution in [0.1, 0.15) is 84.9 Å². The van der Waals surface area contributed by atoms with Crippen molar-refractivity contribution in [3.05, 3.63) is 35.4 Å². The molecule has 0 spiro atoms. The quantitative estimate of drug-likeness (QED) is 0.669. The summed E-state index contributed by atoms with van der Waals surface area (Å²) in [5.74, 6) is 0.425. The van der Waals surface area contributed by atoms with Gasteiger partial charge in [-0.1, -0.05) is 24.3 Å². The summed E-state index contributed by atoms with van der Waals surface area (Å²) >= 11 is 0. The highest BCUT2D eigenvalue weighted by Crippen LogP contribution is 2.09. The van der Waals surface area contributed by atoms with E-state index in [1.807, 2.05) is 24.3 Å². The third kappa shape index (κ3) is 6.82. The average molecular weight is 387 g/mol. The highest BCUT2D eigenvalue weighted by atomic mass is 16.1. The molecule has 154 valence electrons. The number of ketones is 2. The van der Waals surface area contributed by atoms with Crippen molar-refractivity contribution in [3.8, 4) is 0 Å². The number of hydrogen-bond acceptors (Lipinski definition) is 2. The molecule has 4 nitrogen and oxygen atoms in total. The number of likely N-dealkylation sites (tertiary alicyclic amines) is 2. The van der Waals surface area contributed by atoms with Crippen LogP contribution in [0.4, 0.5) is 0 Å². The molecule has 2 saturated heterocycles. The van der Waals surface area contributed by atoms with Crippen LogP contribution in [0.25, 0.3) is 0 Å². The van der Waals surface area contributed by atoms with E-state index in [4.69, 9.17) is 0 Å². The lowest BCUT2D eigenvalue weighted by Crippen LogP contribution is -3.11. The number of Topliss-reactive ketones (excluding diaryl/α,β-unsaturated/α-hetero) is 2. The van der Waals surface area contributed by atoms with E-state index in [0.717, 1.165) is 24.2 Å². The van der Waals surface area contributed by atoms with Gasteiger partial charge in [-0.25, -0.2) is 0 Å². The van der Waals surface area contributed by atoms with E-state index in [1.54, 1.807) is 9.80 Å². The zero-order valence-corrected chi connectivity index (χ0v) is 17.4. The summed E-state index contributed by atoms with van der Waals surface area (Å²) in [6.07, 6.45) is 11.7. The minimum Gasteiger partial charge on any atom is -0.335 e. The number of hydrogen-bond donors (Lipinski definition) is 2. The standard InChI is InChI=1S/C24H36N2O2/c27-23(13-19-25-15-5-1-2-6-16-25)21-9-11-22(12-10-21)24(28)14-20-26-17-7-3-4-8-18-26/h9-12H,1-8,13-20H2/p+2. The highest BCUT2D eigenvalue weighted by Gasteiger charge is 2.17. The van der Waals surface area contributed by atoms with Crippen molar-refractivity contribution in [2.75, 3.05) is 39.3 Å². The van der Waals surface area contributed by atoms with Crippen molar-refractivity contribution < 1.29 is 19.4 Å². The van der Waals surface area contributed by atoms with E-state index >= 15 is 0 Å². The number of benzene rings is 1. The van der Waals surface area contributed by atoms with Crippen LogP contribution in [0.2, 0.25) is 0 Å². The van der Waals surface area contributed by atoms with Gasteiger partial charge in [0.05, 0.1) is 52.1 Å². The van der Waals surface area contributed by atoms with Gasteiger partial charge in [-0.3, -0.25) is 9.59 Å². The topological polar surface area (TPSA) is 43.0 Å². The molecule has 1 aromatic rings. The fourth-order valence-corrected chi connectivity index (χ4v) is 4.67. The number of carbonyl (C=O) groups is 2. The van der Waals surface area contributed by atoms with Crippen LogP contribution in [0, 0.1) is 0 Å². The van der Waals surface area contributed by atoms with Crippen molar-refractivity contribution in [2.45, 2.75) is 64.2 Å². The summed E-state index contributed by atoms with van der Waals surface area (Å²) in [4.78, 5) is 28.2. The second kappa shape index (κ2) is 11.5. The van der Waals surface area contributed by atoms with Crippen molar-refractivity contribution in [1.82, 2.24) is 0 Å². The molecule has 1 aromatic carbocycles. The predicted molar refractivity (Wildman–Crippen MR) is 112 cm³/mol. The Hall–Kier alpha value is -1.52. The summed E-state index contributed by atoms with van der Waals surface area (Å²) in [5, 5.41) is 0. The fraction of sp³-hybridized carbons (Fsp3) is 0.667. The Bertz CT molecular complexity index is 555. The summed E-state index contributed by atoms with van der Waals surface area (Å²) in [6, 6.07) is 7.41. The molecule has 2 heterocycles. The molecular formula is C24H38N2O2+2. The molecule has 0 radical (unpaired) electrons. The van der Waals surface area contributed by atoms with Gasteiger partial charge in [-0.15, -0.1) is 0 Å². The smallest absolute Gasteiger partial charge is 0.168 e. The van der Waals surface area contributed by atoms with Gasteiger partial charge < -0.3 is 9.80 Å². The molecule has 2 aliphatic heterocycles. The molecule has 0 amide bonds. The Morgan fingerprint density at radius 3 is 1.21 bits per heavy atom. The molecule has 0 bridgehead atoms. The first-order chi connectivity index (χ1) is 13.7. The number of quaternary nitrogens is 2. The SMILES string of the molecule is O=C(CC[NH+]1CCCCCC1)c1ccc(C(=O)CC[NH+]2CCCCCC2)cc1. The van der Waals surface area contributed by atoms with Crippen LogP contribution >= 0.6 is 0 Å². The second-order valence-electron chi connectivity index (χ2n) is 8.75. The zero-order chi connectivity index (χ0) is 19.6. The van der Waals surface area contributed by atoms with Crippen LogP contribution in [0.3, 0.4) is 0 Å². The summed E-state index contributed by atoms with van der Waals surface area (Å²) in [6.45, 7) is 6.72. The zero-order valence-electron chi connectivity index (χ0n) is 17.4. The minimum absolute atomic E-state index is 0.213. The molecule has 0 saturated carbocycles. The predicted octanol–water partition coefficient (Wildman–Crippen LogP) is 1.75. The maximum atomic E-state index is 12.5. The van der Waals surface area contributed by atoms with Crippen LogP contribution < -0.4 is 9.80 Å². The Morgan fingerprint density at radius 2 is 0.893 bits per heavy atom.